The molecule has 5 rings (SSSR count). The van der Waals surface area contributed by atoms with Crippen molar-refractivity contribution in [3.8, 4) is 17.2 Å². The van der Waals surface area contributed by atoms with Crippen LogP contribution in [0.25, 0.3) is 5.76 Å². The van der Waals surface area contributed by atoms with Gasteiger partial charge in [0, 0.05) is 38.2 Å². The number of fused-ring (bicyclic) bond motifs is 1. The highest BCUT2D eigenvalue weighted by atomic mass is 16.5. The maximum absolute atomic E-state index is 13.6. The maximum Gasteiger partial charge on any atom is 0.295 e. The van der Waals surface area contributed by atoms with Crippen LogP contribution in [0.15, 0.2) is 42.0 Å². The van der Waals surface area contributed by atoms with Crippen LogP contribution in [-0.4, -0.2) is 85.8 Å². The van der Waals surface area contributed by atoms with Crippen molar-refractivity contribution < 1.29 is 33.6 Å². The molecule has 226 valence electrons. The second-order valence-corrected chi connectivity index (χ2v) is 11.7. The Morgan fingerprint density at radius 1 is 1.07 bits per heavy atom. The number of benzene rings is 2. The summed E-state index contributed by atoms with van der Waals surface area (Å²) in [7, 11) is 1.57. The number of morpholine rings is 1. The van der Waals surface area contributed by atoms with E-state index in [1.807, 2.05) is 37.3 Å². The minimum Gasteiger partial charge on any atom is -0.507 e. The molecule has 0 bridgehead atoms. The highest BCUT2D eigenvalue weighted by Crippen LogP contribution is 2.43. The number of amides is 1. The SMILES string of the molecule is COc1cc(C2C(=C(O)c3ccc4c(c3)CC(C)O4)C(=O)C(=O)N2CCCN2CCOCC2)ccc1OCCC(C)C. The van der Waals surface area contributed by atoms with Crippen molar-refractivity contribution >= 4 is 17.4 Å². The topological polar surface area (TPSA) is 97.8 Å². The first-order valence-corrected chi connectivity index (χ1v) is 15.0. The van der Waals surface area contributed by atoms with Gasteiger partial charge in [0.15, 0.2) is 11.5 Å². The maximum atomic E-state index is 13.6. The Kier molecular flexibility index (Phi) is 9.38. The summed E-state index contributed by atoms with van der Waals surface area (Å²) < 4.78 is 22.9. The van der Waals surface area contributed by atoms with E-state index >= 15 is 0 Å². The van der Waals surface area contributed by atoms with E-state index in [2.05, 4.69) is 18.7 Å². The van der Waals surface area contributed by atoms with Crippen LogP contribution >= 0.6 is 0 Å². The van der Waals surface area contributed by atoms with Crippen LogP contribution in [0, 0.1) is 5.92 Å². The van der Waals surface area contributed by atoms with Crippen molar-refractivity contribution in [1.29, 1.82) is 0 Å². The number of hydrogen-bond acceptors (Lipinski definition) is 8. The molecule has 2 aromatic carbocycles. The quantitative estimate of drug-likeness (QED) is 0.235. The number of aliphatic hydroxyl groups is 1. The van der Waals surface area contributed by atoms with Gasteiger partial charge in [0.1, 0.15) is 17.6 Å². The molecule has 2 saturated heterocycles. The van der Waals surface area contributed by atoms with Crippen molar-refractivity contribution in [2.24, 2.45) is 5.92 Å². The van der Waals surface area contributed by atoms with Gasteiger partial charge >= 0.3 is 0 Å². The van der Waals surface area contributed by atoms with Gasteiger partial charge < -0.3 is 29.0 Å². The number of nitrogens with zero attached hydrogens (tertiary/aromatic N) is 2. The molecule has 3 heterocycles. The summed E-state index contributed by atoms with van der Waals surface area (Å²) in [6.45, 7) is 11.1. The second-order valence-electron chi connectivity index (χ2n) is 11.7. The first kappa shape index (κ1) is 29.9. The molecule has 0 spiro atoms. The minimum atomic E-state index is -0.767. The van der Waals surface area contributed by atoms with E-state index in [0.29, 0.717) is 67.8 Å². The largest absolute Gasteiger partial charge is 0.507 e. The van der Waals surface area contributed by atoms with Gasteiger partial charge in [-0.15, -0.1) is 0 Å². The van der Waals surface area contributed by atoms with E-state index in [-0.39, 0.29) is 17.4 Å². The van der Waals surface area contributed by atoms with E-state index in [1.54, 1.807) is 18.1 Å². The Hall–Kier alpha value is -3.56. The van der Waals surface area contributed by atoms with Gasteiger partial charge in [-0.1, -0.05) is 19.9 Å². The molecule has 0 saturated carbocycles. The van der Waals surface area contributed by atoms with Gasteiger partial charge in [-0.05, 0) is 67.1 Å². The van der Waals surface area contributed by atoms with E-state index in [4.69, 9.17) is 18.9 Å². The molecule has 1 amide bonds. The Balaban J connectivity index is 1.49. The molecule has 0 aromatic heterocycles. The molecule has 0 aliphatic carbocycles. The van der Waals surface area contributed by atoms with Crippen molar-refractivity contribution in [3.05, 3.63) is 58.7 Å². The number of ether oxygens (including phenoxy) is 4. The number of methoxy groups -OCH3 is 1. The molecule has 0 radical (unpaired) electrons. The Labute approximate surface area is 248 Å². The predicted molar refractivity (Wildman–Crippen MR) is 159 cm³/mol. The van der Waals surface area contributed by atoms with Gasteiger partial charge in [-0.25, -0.2) is 0 Å². The molecule has 2 fully saturated rings. The first-order chi connectivity index (χ1) is 20.3. The van der Waals surface area contributed by atoms with Gasteiger partial charge in [-0.3, -0.25) is 14.5 Å². The van der Waals surface area contributed by atoms with Crippen LogP contribution in [0.2, 0.25) is 0 Å². The highest BCUT2D eigenvalue weighted by molar-refractivity contribution is 6.46. The van der Waals surface area contributed by atoms with E-state index < -0.39 is 17.7 Å². The van der Waals surface area contributed by atoms with E-state index in [9.17, 15) is 14.7 Å². The van der Waals surface area contributed by atoms with Gasteiger partial charge in [0.25, 0.3) is 11.7 Å². The van der Waals surface area contributed by atoms with Crippen LogP contribution in [0.5, 0.6) is 17.2 Å². The average molecular weight is 579 g/mol. The first-order valence-electron chi connectivity index (χ1n) is 15.0. The van der Waals surface area contributed by atoms with Gasteiger partial charge in [-0.2, -0.15) is 0 Å². The molecule has 42 heavy (non-hydrogen) atoms. The summed E-state index contributed by atoms with van der Waals surface area (Å²) >= 11 is 0. The van der Waals surface area contributed by atoms with Crippen LogP contribution in [0.4, 0.5) is 0 Å². The van der Waals surface area contributed by atoms with Gasteiger partial charge in [0.2, 0.25) is 0 Å². The van der Waals surface area contributed by atoms with Crippen molar-refractivity contribution in [2.75, 3.05) is 53.1 Å². The zero-order valence-corrected chi connectivity index (χ0v) is 25.1. The monoisotopic (exact) mass is 578 g/mol. The van der Waals surface area contributed by atoms with Gasteiger partial charge in [0.05, 0.1) is 38.5 Å². The van der Waals surface area contributed by atoms with Crippen molar-refractivity contribution in [3.63, 3.8) is 0 Å². The molecule has 3 aliphatic heterocycles. The smallest absolute Gasteiger partial charge is 0.295 e. The third kappa shape index (κ3) is 6.42. The predicted octanol–water partition coefficient (Wildman–Crippen LogP) is 4.59. The van der Waals surface area contributed by atoms with Crippen molar-refractivity contribution in [1.82, 2.24) is 9.80 Å². The third-order valence-electron chi connectivity index (χ3n) is 8.14. The van der Waals surface area contributed by atoms with Crippen LogP contribution in [0.1, 0.15) is 56.3 Å². The fraction of sp³-hybridized carbons (Fsp3) is 0.515. The molecule has 9 nitrogen and oxygen atoms in total. The average Bonchev–Trinajstić information content (AvgIpc) is 3.48. The summed E-state index contributed by atoms with van der Waals surface area (Å²) in [5.41, 5.74) is 2.21. The summed E-state index contributed by atoms with van der Waals surface area (Å²) in [6.07, 6.45) is 2.35. The Morgan fingerprint density at radius 2 is 1.86 bits per heavy atom. The molecule has 3 aliphatic rings. The number of aliphatic hydroxyl groups excluding tert-OH is 1. The summed E-state index contributed by atoms with van der Waals surface area (Å²) in [5.74, 6) is 0.895. The minimum absolute atomic E-state index is 0.0446. The number of ketones is 1. The van der Waals surface area contributed by atoms with E-state index in [1.165, 1.54) is 0 Å². The molecule has 2 unspecified atom stereocenters. The Bertz CT molecular complexity index is 1330. The summed E-state index contributed by atoms with van der Waals surface area (Å²) in [4.78, 5) is 31.0. The number of carbonyl (C=O) groups is 2. The molecular weight excluding hydrogens is 536 g/mol. The van der Waals surface area contributed by atoms with Crippen LogP contribution in [-0.2, 0) is 20.7 Å². The fourth-order valence-corrected chi connectivity index (χ4v) is 5.85. The molecular formula is C33H42N2O7. The zero-order valence-electron chi connectivity index (χ0n) is 25.1. The molecule has 2 aromatic rings. The van der Waals surface area contributed by atoms with Crippen LogP contribution in [0.3, 0.4) is 0 Å². The number of likely N-dealkylation sites (tertiary alicyclic amines) is 1. The lowest BCUT2D eigenvalue weighted by Crippen LogP contribution is -2.39. The molecule has 2 atom stereocenters. The van der Waals surface area contributed by atoms with Crippen LogP contribution < -0.4 is 14.2 Å². The standard InChI is InChI=1S/C33H42N2O7/c1-21(2)10-15-41-27-9-6-23(20-28(27)39-4)30-29(31(36)24-7-8-26-25(19-24)18-22(3)42-26)32(37)33(38)35(30)12-5-11-34-13-16-40-17-14-34/h6-9,19-22,30,36H,5,10-18H2,1-4H3. The highest BCUT2D eigenvalue weighted by Gasteiger charge is 2.46. The summed E-state index contributed by atoms with van der Waals surface area (Å²) in [5, 5.41) is 11.6. The zero-order chi connectivity index (χ0) is 29.8. The number of carbonyl (C=O) groups excluding carboxylic acids is 2. The molecule has 9 heteroatoms. The lowest BCUT2D eigenvalue weighted by atomic mass is 9.94. The number of Topliss-reactive ketones (excluding diaryl/α,β-unsaturated/α-hetero) is 1. The van der Waals surface area contributed by atoms with E-state index in [0.717, 1.165) is 37.4 Å². The lowest BCUT2D eigenvalue weighted by molar-refractivity contribution is -0.140. The van der Waals surface area contributed by atoms with Crippen molar-refractivity contribution in [2.45, 2.75) is 52.2 Å². The lowest BCUT2D eigenvalue weighted by Gasteiger charge is -2.29. The summed E-state index contributed by atoms with van der Waals surface area (Å²) in [6, 6.07) is 10.1. The fourth-order valence-electron chi connectivity index (χ4n) is 5.85. The number of hydrogen-bond donors (Lipinski definition) is 1. The normalized spacial score (nSPS) is 22.0. The number of rotatable bonds is 11. The second kappa shape index (κ2) is 13.2. The molecule has 1 N–H and O–H groups in total. The third-order valence-corrected chi connectivity index (χ3v) is 8.14. The Morgan fingerprint density at radius 3 is 2.60 bits per heavy atom.